The van der Waals surface area contributed by atoms with E-state index in [0.29, 0.717) is 5.92 Å². The van der Waals surface area contributed by atoms with Crippen LogP contribution in [0.2, 0.25) is 0 Å². The van der Waals surface area contributed by atoms with Crippen LogP contribution in [0.1, 0.15) is 34.1 Å². The Labute approximate surface area is 69.4 Å². The Balaban J connectivity index is 3.97. The first-order valence-corrected chi connectivity index (χ1v) is 4.37. The monoisotopic (exact) mass is 157 g/mol. The van der Waals surface area contributed by atoms with Gasteiger partial charge in [-0.1, -0.05) is 27.2 Å². The highest BCUT2D eigenvalue weighted by atomic mass is 16.1. The minimum Gasteiger partial charge on any atom is -0.308 e. The Morgan fingerprint density at radius 3 is 2.27 bits per heavy atom. The zero-order valence-electron chi connectivity index (χ0n) is 7.98. The molecule has 0 spiro atoms. The third-order valence-electron chi connectivity index (χ3n) is 2.07. The van der Waals surface area contributed by atoms with Gasteiger partial charge in [-0.15, -0.1) is 0 Å². The minimum absolute atomic E-state index is 0.0602. The lowest BCUT2D eigenvalue weighted by Gasteiger charge is -2.20. The molecule has 0 radical (unpaired) electrons. The van der Waals surface area contributed by atoms with Crippen LogP contribution in [0.3, 0.4) is 0 Å². The van der Waals surface area contributed by atoms with E-state index in [4.69, 9.17) is 0 Å². The van der Waals surface area contributed by atoms with Crippen molar-refractivity contribution in [2.75, 3.05) is 6.54 Å². The first-order chi connectivity index (χ1) is 5.13. The minimum atomic E-state index is 0.0602. The van der Waals surface area contributed by atoms with Crippen LogP contribution in [0.4, 0.5) is 0 Å². The molecule has 0 aliphatic heterocycles. The summed E-state index contributed by atoms with van der Waals surface area (Å²) in [7, 11) is 0. The standard InChI is InChI=1S/C9H19NO/c1-5-7(3)9(8(4)11)10-6-2/h7,9-10H,5-6H2,1-4H3/t7?,9-/m0/s1. The molecule has 0 aromatic rings. The van der Waals surface area contributed by atoms with Gasteiger partial charge in [-0.3, -0.25) is 4.79 Å². The highest BCUT2D eigenvalue weighted by Gasteiger charge is 2.18. The number of hydrogen-bond acceptors (Lipinski definition) is 2. The van der Waals surface area contributed by atoms with E-state index in [1.807, 2.05) is 6.92 Å². The van der Waals surface area contributed by atoms with E-state index in [1.54, 1.807) is 6.92 Å². The predicted octanol–water partition coefficient (Wildman–Crippen LogP) is 1.60. The van der Waals surface area contributed by atoms with Gasteiger partial charge in [0.25, 0.3) is 0 Å². The number of ketones is 1. The van der Waals surface area contributed by atoms with Crippen LogP contribution in [0, 0.1) is 5.92 Å². The van der Waals surface area contributed by atoms with Crippen molar-refractivity contribution >= 4 is 5.78 Å². The maximum Gasteiger partial charge on any atom is 0.146 e. The van der Waals surface area contributed by atoms with Crippen molar-refractivity contribution in [2.45, 2.75) is 40.2 Å². The summed E-state index contributed by atoms with van der Waals surface area (Å²) >= 11 is 0. The van der Waals surface area contributed by atoms with E-state index in [0.717, 1.165) is 13.0 Å². The number of rotatable bonds is 5. The van der Waals surface area contributed by atoms with Crippen LogP contribution in [-0.2, 0) is 4.79 Å². The smallest absolute Gasteiger partial charge is 0.146 e. The Bertz CT molecular complexity index is 123. The molecule has 0 amide bonds. The summed E-state index contributed by atoms with van der Waals surface area (Å²) in [5, 5.41) is 3.18. The maximum atomic E-state index is 11.1. The van der Waals surface area contributed by atoms with Crippen molar-refractivity contribution in [2.24, 2.45) is 5.92 Å². The highest BCUT2D eigenvalue weighted by Crippen LogP contribution is 2.07. The fraction of sp³-hybridized carbons (Fsp3) is 0.889. The van der Waals surface area contributed by atoms with Gasteiger partial charge < -0.3 is 5.32 Å². The fourth-order valence-electron chi connectivity index (χ4n) is 1.20. The van der Waals surface area contributed by atoms with Gasteiger partial charge in [-0.2, -0.15) is 0 Å². The molecule has 0 bridgehead atoms. The molecule has 1 unspecified atom stereocenters. The zero-order chi connectivity index (χ0) is 8.85. The summed E-state index contributed by atoms with van der Waals surface area (Å²) in [5.74, 6) is 0.702. The van der Waals surface area contributed by atoms with Gasteiger partial charge in [-0.05, 0) is 19.4 Å². The lowest BCUT2D eigenvalue weighted by atomic mass is 9.96. The highest BCUT2D eigenvalue weighted by molar-refractivity contribution is 5.81. The van der Waals surface area contributed by atoms with Gasteiger partial charge >= 0.3 is 0 Å². The molecule has 0 rings (SSSR count). The van der Waals surface area contributed by atoms with Gasteiger partial charge in [0.1, 0.15) is 5.78 Å². The molecule has 0 aromatic carbocycles. The van der Waals surface area contributed by atoms with Crippen LogP contribution in [0.25, 0.3) is 0 Å². The quantitative estimate of drug-likeness (QED) is 0.656. The van der Waals surface area contributed by atoms with Crippen LogP contribution in [0.5, 0.6) is 0 Å². The summed E-state index contributed by atoms with van der Waals surface area (Å²) in [6.07, 6.45) is 1.05. The molecule has 2 heteroatoms. The van der Waals surface area contributed by atoms with Crippen LogP contribution in [-0.4, -0.2) is 18.4 Å². The number of carbonyl (C=O) groups is 1. The average Bonchev–Trinajstić information content (AvgIpc) is 1.98. The molecule has 0 saturated carbocycles. The molecule has 2 atom stereocenters. The molecular weight excluding hydrogens is 138 g/mol. The topological polar surface area (TPSA) is 29.1 Å². The second-order valence-corrected chi connectivity index (χ2v) is 3.03. The van der Waals surface area contributed by atoms with Crippen molar-refractivity contribution < 1.29 is 4.79 Å². The maximum absolute atomic E-state index is 11.1. The Morgan fingerprint density at radius 1 is 1.45 bits per heavy atom. The molecule has 66 valence electrons. The summed E-state index contributed by atoms with van der Waals surface area (Å²) in [6.45, 7) is 8.76. The molecule has 0 heterocycles. The first-order valence-electron chi connectivity index (χ1n) is 4.37. The second-order valence-electron chi connectivity index (χ2n) is 3.03. The number of Topliss-reactive ketones (excluding diaryl/α,β-unsaturated/α-hetero) is 1. The predicted molar refractivity (Wildman–Crippen MR) is 47.6 cm³/mol. The van der Waals surface area contributed by atoms with Crippen molar-refractivity contribution in [3.8, 4) is 0 Å². The average molecular weight is 157 g/mol. The van der Waals surface area contributed by atoms with Crippen LogP contribution in [0.15, 0.2) is 0 Å². The molecule has 0 fully saturated rings. The molecule has 0 aliphatic rings. The summed E-state index contributed by atoms with van der Waals surface area (Å²) in [6, 6.07) is 0.0602. The molecule has 1 N–H and O–H groups in total. The summed E-state index contributed by atoms with van der Waals surface area (Å²) in [4.78, 5) is 11.1. The van der Waals surface area contributed by atoms with Gasteiger partial charge in [-0.25, -0.2) is 0 Å². The third-order valence-corrected chi connectivity index (χ3v) is 2.07. The summed E-state index contributed by atoms with van der Waals surface area (Å²) < 4.78 is 0. The third kappa shape index (κ3) is 3.51. The molecule has 0 aromatic heterocycles. The molecular formula is C9H19NO. The van der Waals surface area contributed by atoms with Gasteiger partial charge in [0.2, 0.25) is 0 Å². The van der Waals surface area contributed by atoms with E-state index in [9.17, 15) is 4.79 Å². The van der Waals surface area contributed by atoms with Crippen molar-refractivity contribution in [1.29, 1.82) is 0 Å². The second kappa shape index (κ2) is 5.30. The van der Waals surface area contributed by atoms with Crippen LogP contribution < -0.4 is 5.32 Å². The molecule has 0 saturated heterocycles. The fourth-order valence-corrected chi connectivity index (χ4v) is 1.20. The van der Waals surface area contributed by atoms with Gasteiger partial charge in [0, 0.05) is 0 Å². The van der Waals surface area contributed by atoms with Crippen molar-refractivity contribution in [1.82, 2.24) is 5.32 Å². The molecule has 11 heavy (non-hydrogen) atoms. The van der Waals surface area contributed by atoms with E-state index in [1.165, 1.54) is 0 Å². The lowest BCUT2D eigenvalue weighted by Crippen LogP contribution is -2.40. The van der Waals surface area contributed by atoms with E-state index < -0.39 is 0 Å². The molecule has 0 aliphatic carbocycles. The first kappa shape index (κ1) is 10.6. The van der Waals surface area contributed by atoms with Gasteiger partial charge in [0.15, 0.2) is 0 Å². The summed E-state index contributed by atoms with van der Waals surface area (Å²) in [5.41, 5.74) is 0. The zero-order valence-corrected chi connectivity index (χ0v) is 7.98. The molecule has 2 nitrogen and oxygen atoms in total. The van der Waals surface area contributed by atoms with E-state index in [2.05, 4.69) is 19.2 Å². The number of nitrogens with one attached hydrogen (secondary N) is 1. The Kier molecular flexibility index (Phi) is 5.12. The SMILES string of the molecule is CCN[C@H](C(C)=O)C(C)CC. The van der Waals surface area contributed by atoms with E-state index >= 15 is 0 Å². The van der Waals surface area contributed by atoms with Gasteiger partial charge in [0.05, 0.1) is 6.04 Å². The van der Waals surface area contributed by atoms with Crippen molar-refractivity contribution in [3.63, 3.8) is 0 Å². The van der Waals surface area contributed by atoms with Crippen molar-refractivity contribution in [3.05, 3.63) is 0 Å². The Morgan fingerprint density at radius 2 is 2.00 bits per heavy atom. The number of hydrogen-bond donors (Lipinski definition) is 1. The number of likely N-dealkylation sites (N-methyl/N-ethyl adjacent to an activating group) is 1. The lowest BCUT2D eigenvalue weighted by molar-refractivity contribution is -0.120. The Hall–Kier alpha value is -0.370. The number of carbonyl (C=O) groups excluding carboxylic acids is 1. The normalized spacial score (nSPS) is 16.0. The van der Waals surface area contributed by atoms with E-state index in [-0.39, 0.29) is 11.8 Å². The largest absolute Gasteiger partial charge is 0.308 e. The van der Waals surface area contributed by atoms with Crippen LogP contribution >= 0.6 is 0 Å².